The maximum atomic E-state index is 5.92. The summed E-state index contributed by atoms with van der Waals surface area (Å²) in [6.45, 7) is 2.84. The van der Waals surface area contributed by atoms with Gasteiger partial charge in [0.15, 0.2) is 0 Å². The van der Waals surface area contributed by atoms with Crippen LogP contribution in [0.4, 0.5) is 0 Å². The minimum absolute atomic E-state index is 0. The Labute approximate surface area is 113 Å². The molecule has 0 spiro atoms. The lowest BCUT2D eigenvalue weighted by atomic mass is 10.2. The number of halogens is 3. The lowest BCUT2D eigenvalue weighted by Crippen LogP contribution is -2.26. The highest BCUT2D eigenvalue weighted by Crippen LogP contribution is 2.19. The van der Waals surface area contributed by atoms with E-state index in [9.17, 15) is 0 Å². The fourth-order valence-electron chi connectivity index (χ4n) is 1.40. The zero-order valence-electron chi connectivity index (χ0n) is 9.46. The fourth-order valence-corrected chi connectivity index (χ4v) is 1.97. The number of nitrogens with zero attached hydrogens (tertiary/aromatic N) is 1. The van der Waals surface area contributed by atoms with Gasteiger partial charge >= 0.3 is 0 Å². The molecule has 2 nitrogen and oxygen atoms in total. The first-order valence-electron chi connectivity index (χ1n) is 4.90. The van der Waals surface area contributed by atoms with Crippen LogP contribution in [-0.4, -0.2) is 32.1 Å². The highest BCUT2D eigenvalue weighted by molar-refractivity contribution is 6.34. The third-order valence-electron chi connectivity index (χ3n) is 2.12. The number of nitrogens with one attached hydrogen (secondary N) is 1. The van der Waals surface area contributed by atoms with Gasteiger partial charge in [0.2, 0.25) is 0 Å². The summed E-state index contributed by atoms with van der Waals surface area (Å²) in [6, 6.07) is 5.65. The van der Waals surface area contributed by atoms with Crippen LogP contribution in [-0.2, 0) is 6.54 Å². The van der Waals surface area contributed by atoms with Gasteiger partial charge in [-0.15, -0.1) is 12.4 Å². The molecule has 0 aromatic heterocycles. The van der Waals surface area contributed by atoms with Gasteiger partial charge in [-0.05, 0) is 37.9 Å². The molecule has 0 fully saturated rings. The quantitative estimate of drug-likeness (QED) is 0.893. The molecule has 1 aromatic carbocycles. The average molecular weight is 284 g/mol. The molecule has 1 aromatic rings. The second-order valence-electron chi connectivity index (χ2n) is 3.62. The van der Waals surface area contributed by atoms with E-state index in [4.69, 9.17) is 23.2 Å². The molecule has 0 saturated carbocycles. The lowest BCUT2D eigenvalue weighted by molar-refractivity contribution is 0.328. The van der Waals surface area contributed by atoms with Crippen molar-refractivity contribution in [1.29, 1.82) is 0 Å². The zero-order chi connectivity index (χ0) is 11.3. The second kappa shape index (κ2) is 8.15. The van der Waals surface area contributed by atoms with Crippen molar-refractivity contribution in [2.75, 3.05) is 27.2 Å². The first kappa shape index (κ1) is 16.0. The summed E-state index contributed by atoms with van der Waals surface area (Å²) in [4.78, 5) is 2.22. The lowest BCUT2D eigenvalue weighted by Gasteiger charge is -2.16. The predicted molar refractivity (Wildman–Crippen MR) is 74.0 cm³/mol. The van der Waals surface area contributed by atoms with Gasteiger partial charge in [0.25, 0.3) is 0 Å². The number of likely N-dealkylation sites (N-methyl/N-ethyl adjacent to an activating group) is 2. The SMILES string of the molecule is CNCCN(C)Cc1cc(Cl)cc(Cl)c1.Cl. The molecule has 5 heteroatoms. The molecule has 0 radical (unpaired) electrons. The van der Waals surface area contributed by atoms with Crippen LogP contribution >= 0.6 is 35.6 Å². The van der Waals surface area contributed by atoms with Crippen molar-refractivity contribution >= 4 is 35.6 Å². The molecule has 0 saturated heterocycles. The van der Waals surface area contributed by atoms with E-state index >= 15 is 0 Å². The number of hydrogen-bond donors (Lipinski definition) is 1. The third kappa shape index (κ3) is 5.92. The van der Waals surface area contributed by atoms with E-state index in [2.05, 4.69) is 17.3 Å². The Hall–Kier alpha value is 0.01000. The number of rotatable bonds is 5. The Morgan fingerprint density at radius 1 is 1.19 bits per heavy atom. The van der Waals surface area contributed by atoms with Gasteiger partial charge < -0.3 is 10.2 Å². The van der Waals surface area contributed by atoms with Crippen LogP contribution in [0.1, 0.15) is 5.56 Å². The number of hydrogen-bond acceptors (Lipinski definition) is 2. The minimum atomic E-state index is 0. The Morgan fingerprint density at radius 3 is 2.25 bits per heavy atom. The van der Waals surface area contributed by atoms with E-state index in [1.807, 2.05) is 19.2 Å². The molecule has 0 unspecified atom stereocenters. The summed E-state index contributed by atoms with van der Waals surface area (Å²) < 4.78 is 0. The summed E-state index contributed by atoms with van der Waals surface area (Å²) in [5.74, 6) is 0. The van der Waals surface area contributed by atoms with Crippen LogP contribution in [0.2, 0.25) is 10.0 Å². The standard InChI is InChI=1S/C11H16Cl2N2.ClH/c1-14-3-4-15(2)8-9-5-10(12)7-11(13)6-9;/h5-7,14H,3-4,8H2,1-2H3;1H. The van der Waals surface area contributed by atoms with Gasteiger partial charge in [0.05, 0.1) is 0 Å². The molecule has 0 aliphatic carbocycles. The molecule has 1 rings (SSSR count). The first-order valence-corrected chi connectivity index (χ1v) is 5.65. The molecule has 92 valence electrons. The molecule has 0 amide bonds. The Balaban J connectivity index is 0.00000225. The topological polar surface area (TPSA) is 15.3 Å². The van der Waals surface area contributed by atoms with E-state index in [1.165, 1.54) is 0 Å². The van der Waals surface area contributed by atoms with Crippen molar-refractivity contribution in [2.24, 2.45) is 0 Å². The van der Waals surface area contributed by atoms with Crippen LogP contribution in [0.15, 0.2) is 18.2 Å². The second-order valence-corrected chi connectivity index (χ2v) is 4.49. The summed E-state index contributed by atoms with van der Waals surface area (Å²) in [5.41, 5.74) is 1.14. The van der Waals surface area contributed by atoms with E-state index in [0.29, 0.717) is 10.0 Å². The highest BCUT2D eigenvalue weighted by Gasteiger charge is 2.02. The molecule has 0 atom stereocenters. The van der Waals surface area contributed by atoms with Crippen molar-refractivity contribution in [3.05, 3.63) is 33.8 Å². The van der Waals surface area contributed by atoms with Gasteiger partial charge in [0.1, 0.15) is 0 Å². The average Bonchev–Trinajstić information content (AvgIpc) is 2.13. The molecule has 16 heavy (non-hydrogen) atoms. The van der Waals surface area contributed by atoms with E-state index < -0.39 is 0 Å². The van der Waals surface area contributed by atoms with E-state index in [-0.39, 0.29) is 12.4 Å². The molecule has 0 aliphatic rings. The van der Waals surface area contributed by atoms with Gasteiger partial charge in [-0.2, -0.15) is 0 Å². The van der Waals surface area contributed by atoms with Crippen molar-refractivity contribution in [3.63, 3.8) is 0 Å². The Kier molecular flexibility index (Phi) is 8.16. The molecular weight excluding hydrogens is 266 g/mol. The van der Waals surface area contributed by atoms with Crippen molar-refractivity contribution < 1.29 is 0 Å². The Bertz CT molecular complexity index is 298. The first-order chi connectivity index (χ1) is 7.11. The molecular formula is C11H17Cl3N2. The van der Waals surface area contributed by atoms with Crippen LogP contribution in [0.25, 0.3) is 0 Å². The van der Waals surface area contributed by atoms with Crippen LogP contribution in [0.5, 0.6) is 0 Å². The predicted octanol–water partition coefficient (Wildman–Crippen LogP) is 3.07. The maximum Gasteiger partial charge on any atom is 0.0424 e. The van der Waals surface area contributed by atoms with Gasteiger partial charge in [-0.25, -0.2) is 0 Å². The van der Waals surface area contributed by atoms with Crippen molar-refractivity contribution in [2.45, 2.75) is 6.54 Å². The molecule has 0 bridgehead atoms. The Morgan fingerprint density at radius 2 is 1.75 bits per heavy atom. The normalized spacial score (nSPS) is 10.3. The highest BCUT2D eigenvalue weighted by atomic mass is 35.5. The summed E-state index contributed by atoms with van der Waals surface area (Å²) in [5, 5.41) is 4.50. The van der Waals surface area contributed by atoms with Crippen LogP contribution < -0.4 is 5.32 Å². The van der Waals surface area contributed by atoms with E-state index in [0.717, 1.165) is 25.2 Å². The van der Waals surface area contributed by atoms with Gasteiger partial charge in [-0.1, -0.05) is 23.2 Å². The number of benzene rings is 1. The summed E-state index contributed by atoms with van der Waals surface area (Å²) in [6.07, 6.45) is 0. The molecule has 0 aliphatic heterocycles. The van der Waals surface area contributed by atoms with Crippen molar-refractivity contribution in [3.8, 4) is 0 Å². The smallest absolute Gasteiger partial charge is 0.0424 e. The third-order valence-corrected chi connectivity index (χ3v) is 2.55. The van der Waals surface area contributed by atoms with Gasteiger partial charge in [0, 0.05) is 29.7 Å². The summed E-state index contributed by atoms with van der Waals surface area (Å²) >= 11 is 11.8. The largest absolute Gasteiger partial charge is 0.318 e. The fraction of sp³-hybridized carbons (Fsp3) is 0.455. The maximum absolute atomic E-state index is 5.92. The monoisotopic (exact) mass is 282 g/mol. The van der Waals surface area contributed by atoms with Gasteiger partial charge in [-0.3, -0.25) is 0 Å². The zero-order valence-corrected chi connectivity index (χ0v) is 11.8. The summed E-state index contributed by atoms with van der Waals surface area (Å²) in [7, 11) is 4.02. The van der Waals surface area contributed by atoms with Crippen LogP contribution in [0, 0.1) is 0 Å². The van der Waals surface area contributed by atoms with Crippen LogP contribution in [0.3, 0.4) is 0 Å². The van der Waals surface area contributed by atoms with E-state index in [1.54, 1.807) is 6.07 Å². The minimum Gasteiger partial charge on any atom is -0.318 e. The molecule has 1 N–H and O–H groups in total. The molecule has 0 heterocycles. The van der Waals surface area contributed by atoms with Crippen molar-refractivity contribution in [1.82, 2.24) is 10.2 Å².